The number of ether oxygens (including phenoxy) is 3. The van der Waals surface area contributed by atoms with Crippen molar-refractivity contribution in [3.63, 3.8) is 0 Å². The first-order valence-electron chi connectivity index (χ1n) is 12.7. The van der Waals surface area contributed by atoms with Crippen molar-refractivity contribution < 1.29 is 35.8 Å². The molecule has 3 aromatic rings. The average Bonchev–Trinajstić information content (AvgIpc) is 3.30. The van der Waals surface area contributed by atoms with E-state index in [1.165, 1.54) is 6.26 Å². The Bertz CT molecular complexity index is 1590. The molecule has 11 nitrogen and oxygen atoms in total. The molecule has 2 heterocycles. The van der Waals surface area contributed by atoms with E-state index in [-0.39, 0.29) is 24.9 Å². The second-order valence-corrected chi connectivity index (χ2v) is 13.4. The molecule has 0 spiro atoms. The van der Waals surface area contributed by atoms with Crippen LogP contribution in [0.3, 0.4) is 0 Å². The van der Waals surface area contributed by atoms with Gasteiger partial charge in [0.2, 0.25) is 11.8 Å². The Kier molecular flexibility index (Phi) is 7.97. The van der Waals surface area contributed by atoms with Crippen molar-refractivity contribution in [3.05, 3.63) is 77.5 Å². The lowest BCUT2D eigenvalue weighted by Gasteiger charge is -2.24. The molecule has 13 heteroatoms. The Balaban J connectivity index is 1.20. The van der Waals surface area contributed by atoms with Gasteiger partial charge in [-0.15, -0.1) is 0 Å². The number of amides is 1. The minimum absolute atomic E-state index is 0.0227. The first-order chi connectivity index (χ1) is 19.0. The zero-order chi connectivity index (χ0) is 28.3. The molecule has 1 unspecified atom stereocenters. The van der Waals surface area contributed by atoms with Crippen molar-refractivity contribution in [2.45, 2.75) is 37.8 Å². The maximum absolute atomic E-state index is 11.8. The summed E-state index contributed by atoms with van der Waals surface area (Å²) in [5, 5.41) is 0. The molecule has 5 rings (SSSR count). The van der Waals surface area contributed by atoms with Crippen LogP contribution in [0.1, 0.15) is 48.1 Å². The van der Waals surface area contributed by atoms with E-state index in [4.69, 9.17) is 14.2 Å². The zero-order valence-corrected chi connectivity index (χ0v) is 23.3. The van der Waals surface area contributed by atoms with Gasteiger partial charge in [0.1, 0.15) is 33.2 Å². The fraction of sp³-hybridized carbons (Fsp3) is 0.333. The summed E-state index contributed by atoms with van der Waals surface area (Å²) in [5.74, 6) is 1.80. The quantitative estimate of drug-likeness (QED) is 0.341. The summed E-state index contributed by atoms with van der Waals surface area (Å²) in [6, 6.07) is 15.7. The van der Waals surface area contributed by atoms with E-state index < -0.39 is 32.0 Å². The second kappa shape index (κ2) is 11.4. The van der Waals surface area contributed by atoms with Gasteiger partial charge in [0.05, 0.1) is 24.6 Å². The number of pyridine rings is 1. The summed E-state index contributed by atoms with van der Waals surface area (Å²) in [4.78, 5) is 16.0. The third-order valence-corrected chi connectivity index (χ3v) is 8.64. The number of fused-ring (bicyclic) bond motifs is 1. The molecule has 0 saturated carbocycles. The first kappa shape index (κ1) is 27.9. The molecule has 1 aliphatic heterocycles. The van der Waals surface area contributed by atoms with E-state index in [1.54, 1.807) is 42.6 Å². The topological polar surface area (TPSA) is 150 Å². The van der Waals surface area contributed by atoms with Crippen LogP contribution in [0, 0.1) is 0 Å². The van der Waals surface area contributed by atoms with Gasteiger partial charge in [-0.1, -0.05) is 24.3 Å². The Morgan fingerprint density at radius 3 is 2.52 bits per heavy atom. The van der Waals surface area contributed by atoms with Crippen LogP contribution in [-0.4, -0.2) is 46.3 Å². The molecular weight excluding hydrogens is 558 g/mol. The fourth-order valence-electron chi connectivity index (χ4n) is 4.70. The summed E-state index contributed by atoms with van der Waals surface area (Å²) in [6.07, 6.45) is 4.52. The van der Waals surface area contributed by atoms with Gasteiger partial charge < -0.3 is 14.2 Å². The number of carbonyl (C=O) groups is 1. The van der Waals surface area contributed by atoms with Gasteiger partial charge in [-0.05, 0) is 54.7 Å². The summed E-state index contributed by atoms with van der Waals surface area (Å²) >= 11 is 0. The van der Waals surface area contributed by atoms with Crippen molar-refractivity contribution in [2.24, 2.45) is 0 Å². The Labute approximate surface area is 233 Å². The van der Waals surface area contributed by atoms with Gasteiger partial charge in [0.25, 0.3) is 0 Å². The number of hydrogen-bond acceptors (Lipinski definition) is 9. The van der Waals surface area contributed by atoms with Gasteiger partial charge in [-0.3, -0.25) is 4.79 Å². The van der Waals surface area contributed by atoms with E-state index in [1.807, 2.05) is 22.9 Å². The van der Waals surface area contributed by atoms with E-state index >= 15 is 0 Å². The molecule has 212 valence electrons. The molecule has 40 heavy (non-hydrogen) atoms. The number of benzene rings is 2. The minimum atomic E-state index is -3.85. The summed E-state index contributed by atoms with van der Waals surface area (Å²) in [6.45, 7) is 0.257. The van der Waals surface area contributed by atoms with E-state index in [2.05, 4.69) is 9.71 Å². The predicted molar refractivity (Wildman–Crippen MR) is 146 cm³/mol. The van der Waals surface area contributed by atoms with Gasteiger partial charge in [-0.2, -0.15) is 13.1 Å². The van der Waals surface area contributed by atoms with Gasteiger partial charge in [-0.25, -0.2) is 18.1 Å². The maximum Gasteiger partial charge on any atom is 0.301 e. The highest BCUT2D eigenvalue weighted by atomic mass is 32.2. The third kappa shape index (κ3) is 7.09. The van der Waals surface area contributed by atoms with E-state index in [9.17, 15) is 21.6 Å². The van der Waals surface area contributed by atoms with Gasteiger partial charge in [0, 0.05) is 24.3 Å². The van der Waals surface area contributed by atoms with Crippen LogP contribution in [0.4, 0.5) is 0 Å². The molecule has 1 saturated heterocycles. The fourth-order valence-corrected chi connectivity index (χ4v) is 6.38. The molecule has 1 aromatic heterocycles. The van der Waals surface area contributed by atoms with E-state index in [0.717, 1.165) is 24.0 Å². The Morgan fingerprint density at radius 2 is 1.82 bits per heavy atom. The van der Waals surface area contributed by atoms with Crippen LogP contribution in [0.15, 0.2) is 60.8 Å². The number of nitrogens with zero attached hydrogens (tertiary/aromatic N) is 1. The van der Waals surface area contributed by atoms with Crippen LogP contribution >= 0.6 is 0 Å². The SMILES string of the molecule is CS(=O)(=O)CCCOc1ccc(Oc2cccc3c2CC[C@H]3Oc2ccc(C3CC(=O)NS(=O)(=O)N3)cc2)cn1. The van der Waals surface area contributed by atoms with Crippen LogP contribution in [-0.2, 0) is 31.3 Å². The highest BCUT2D eigenvalue weighted by molar-refractivity contribution is 7.90. The molecule has 0 bridgehead atoms. The zero-order valence-electron chi connectivity index (χ0n) is 21.7. The summed E-state index contributed by atoms with van der Waals surface area (Å²) in [7, 11) is -6.87. The largest absolute Gasteiger partial charge is 0.486 e. The van der Waals surface area contributed by atoms with Crippen LogP contribution in [0.2, 0.25) is 0 Å². The Morgan fingerprint density at radius 1 is 1.05 bits per heavy atom. The average molecular weight is 588 g/mol. The number of aromatic nitrogens is 1. The van der Waals surface area contributed by atoms with Crippen LogP contribution in [0.25, 0.3) is 0 Å². The lowest BCUT2D eigenvalue weighted by atomic mass is 10.0. The Hall–Kier alpha value is -3.68. The highest BCUT2D eigenvalue weighted by Crippen LogP contribution is 2.41. The smallest absolute Gasteiger partial charge is 0.301 e. The lowest BCUT2D eigenvalue weighted by molar-refractivity contribution is -0.120. The molecule has 2 N–H and O–H groups in total. The van der Waals surface area contributed by atoms with Gasteiger partial charge in [0.15, 0.2) is 0 Å². The molecule has 0 radical (unpaired) electrons. The van der Waals surface area contributed by atoms with Crippen molar-refractivity contribution in [2.75, 3.05) is 18.6 Å². The van der Waals surface area contributed by atoms with Crippen molar-refractivity contribution in [3.8, 4) is 23.1 Å². The maximum atomic E-state index is 11.8. The molecule has 1 aliphatic carbocycles. The highest BCUT2D eigenvalue weighted by Gasteiger charge is 2.30. The molecule has 2 atom stereocenters. The number of rotatable bonds is 10. The number of nitrogens with one attached hydrogen (secondary N) is 2. The summed E-state index contributed by atoms with van der Waals surface area (Å²) < 4.78 is 68.3. The van der Waals surface area contributed by atoms with E-state index in [0.29, 0.717) is 35.1 Å². The van der Waals surface area contributed by atoms with Gasteiger partial charge >= 0.3 is 10.2 Å². The van der Waals surface area contributed by atoms with Crippen molar-refractivity contribution in [1.29, 1.82) is 0 Å². The second-order valence-electron chi connectivity index (χ2n) is 9.71. The van der Waals surface area contributed by atoms with Crippen molar-refractivity contribution >= 4 is 26.0 Å². The lowest BCUT2D eigenvalue weighted by Crippen LogP contribution is -2.48. The molecule has 2 aromatic carbocycles. The molecular formula is C27H29N3O8S2. The first-order valence-corrected chi connectivity index (χ1v) is 16.2. The minimum Gasteiger partial charge on any atom is -0.486 e. The van der Waals surface area contributed by atoms with Crippen LogP contribution in [0.5, 0.6) is 23.1 Å². The normalized spacial score (nSPS) is 19.9. The summed E-state index contributed by atoms with van der Waals surface area (Å²) in [5.41, 5.74) is 2.75. The van der Waals surface area contributed by atoms with Crippen molar-refractivity contribution in [1.82, 2.24) is 14.4 Å². The third-order valence-electron chi connectivity index (χ3n) is 6.52. The molecule has 1 amide bonds. The predicted octanol–water partition coefficient (Wildman–Crippen LogP) is 3.15. The monoisotopic (exact) mass is 587 g/mol. The number of sulfone groups is 1. The number of hydrogen-bond donors (Lipinski definition) is 2. The van der Waals surface area contributed by atoms with Crippen LogP contribution < -0.4 is 23.7 Å². The molecule has 1 fully saturated rings. The number of carbonyl (C=O) groups excluding carboxylic acids is 1. The standard InChI is InChI=1S/C27H29N3O8S2/c1-39(32,33)15-3-14-36-27-13-10-20(17-28-27)38-24-5-2-4-21-22(24)11-12-25(21)37-19-8-6-18(7-9-19)23-16-26(31)30-40(34,35)29-23/h2,4-10,13,17,23,25,29H,3,11-12,14-16H2,1H3,(H,30,31)/t23?,25-/m1/s1. The molecule has 2 aliphatic rings.